The summed E-state index contributed by atoms with van der Waals surface area (Å²) < 4.78 is 0. The molecule has 5 heteroatoms. The number of nitrogens with one attached hydrogen (secondary N) is 2. The quantitative estimate of drug-likeness (QED) is 0.823. The van der Waals surface area contributed by atoms with Gasteiger partial charge in [0.15, 0.2) is 0 Å². The van der Waals surface area contributed by atoms with Crippen molar-refractivity contribution in [3.05, 3.63) is 11.9 Å². The molecule has 0 aromatic carbocycles. The fourth-order valence-corrected chi connectivity index (χ4v) is 2.29. The summed E-state index contributed by atoms with van der Waals surface area (Å²) in [6, 6.07) is 1.97. The molecule has 2 N–H and O–H groups in total. The van der Waals surface area contributed by atoms with E-state index in [0.29, 0.717) is 5.92 Å². The molecule has 106 valence electrons. The van der Waals surface area contributed by atoms with Crippen molar-refractivity contribution < 1.29 is 0 Å². The van der Waals surface area contributed by atoms with Crippen LogP contribution in [0, 0.1) is 0 Å². The third-order valence-electron chi connectivity index (χ3n) is 3.45. The second-order valence-electron chi connectivity index (χ2n) is 5.38. The second kappa shape index (κ2) is 6.70. The van der Waals surface area contributed by atoms with Crippen LogP contribution < -0.4 is 10.6 Å². The first-order valence-corrected chi connectivity index (χ1v) is 7.22. The van der Waals surface area contributed by atoms with Gasteiger partial charge >= 0.3 is 0 Å². The maximum Gasteiger partial charge on any atom is 0.135 e. The number of aromatic nitrogens is 2. The normalized spacial score (nSPS) is 16.0. The lowest BCUT2D eigenvalue weighted by Gasteiger charge is -2.16. The highest BCUT2D eigenvalue weighted by Crippen LogP contribution is 2.16. The second-order valence-corrected chi connectivity index (χ2v) is 5.38. The molecule has 0 amide bonds. The fraction of sp³-hybridized carbons (Fsp3) is 0.714. The van der Waals surface area contributed by atoms with Crippen LogP contribution in [0.5, 0.6) is 0 Å². The summed E-state index contributed by atoms with van der Waals surface area (Å²) in [5, 5.41) is 6.50. The van der Waals surface area contributed by atoms with Crippen LogP contribution >= 0.6 is 0 Å². The topological polar surface area (TPSA) is 53.1 Å². The molecule has 19 heavy (non-hydrogen) atoms. The van der Waals surface area contributed by atoms with E-state index in [-0.39, 0.29) is 0 Å². The van der Waals surface area contributed by atoms with Crippen LogP contribution in [0.2, 0.25) is 0 Å². The van der Waals surface area contributed by atoms with Crippen LogP contribution in [0.4, 0.5) is 11.6 Å². The first-order valence-electron chi connectivity index (χ1n) is 7.22. The predicted octanol–water partition coefficient (Wildman–Crippen LogP) is 2.15. The van der Waals surface area contributed by atoms with Crippen molar-refractivity contribution in [1.82, 2.24) is 14.9 Å². The number of hydrogen-bond donors (Lipinski definition) is 2. The van der Waals surface area contributed by atoms with E-state index in [1.807, 2.05) is 13.1 Å². The van der Waals surface area contributed by atoms with E-state index >= 15 is 0 Å². The van der Waals surface area contributed by atoms with Gasteiger partial charge in [-0.25, -0.2) is 9.97 Å². The minimum absolute atomic E-state index is 0.340. The van der Waals surface area contributed by atoms with Crippen LogP contribution in [0.25, 0.3) is 0 Å². The Bertz CT molecular complexity index is 399. The molecule has 0 atom stereocenters. The minimum Gasteiger partial charge on any atom is -0.373 e. The highest BCUT2D eigenvalue weighted by molar-refractivity contribution is 5.47. The lowest BCUT2D eigenvalue weighted by atomic mass is 10.2. The molecule has 2 rings (SSSR count). The molecule has 0 aliphatic carbocycles. The van der Waals surface area contributed by atoms with Gasteiger partial charge in [-0.1, -0.05) is 13.8 Å². The lowest BCUT2D eigenvalue weighted by molar-refractivity contribution is 0.352. The number of nitrogens with zero attached hydrogens (tertiary/aromatic N) is 3. The SMILES string of the molecule is CNc1cc(NCCN2CCCC2)nc(C(C)C)n1. The molecule has 1 aliphatic heterocycles. The van der Waals surface area contributed by atoms with E-state index in [1.54, 1.807) is 0 Å². The van der Waals surface area contributed by atoms with Crippen molar-refractivity contribution >= 4 is 11.6 Å². The van der Waals surface area contributed by atoms with Crippen LogP contribution in [0.1, 0.15) is 38.4 Å². The van der Waals surface area contributed by atoms with Gasteiger partial charge in [-0.05, 0) is 25.9 Å². The third-order valence-corrected chi connectivity index (χ3v) is 3.45. The van der Waals surface area contributed by atoms with Gasteiger partial charge in [0.2, 0.25) is 0 Å². The zero-order valence-electron chi connectivity index (χ0n) is 12.2. The summed E-state index contributed by atoms with van der Waals surface area (Å²) in [7, 11) is 1.89. The highest BCUT2D eigenvalue weighted by atomic mass is 15.2. The van der Waals surface area contributed by atoms with Gasteiger partial charge in [0.05, 0.1) is 0 Å². The van der Waals surface area contributed by atoms with Crippen LogP contribution in [0.15, 0.2) is 6.07 Å². The van der Waals surface area contributed by atoms with Gasteiger partial charge in [-0.15, -0.1) is 0 Å². The molecular weight excluding hydrogens is 238 g/mol. The van der Waals surface area contributed by atoms with Crippen LogP contribution in [-0.2, 0) is 0 Å². The zero-order chi connectivity index (χ0) is 13.7. The van der Waals surface area contributed by atoms with Gasteiger partial charge in [0.25, 0.3) is 0 Å². The number of rotatable bonds is 6. The molecular formula is C14H25N5. The molecule has 2 heterocycles. The monoisotopic (exact) mass is 263 g/mol. The summed E-state index contributed by atoms with van der Waals surface area (Å²) in [4.78, 5) is 11.5. The Morgan fingerprint density at radius 1 is 1.21 bits per heavy atom. The van der Waals surface area contributed by atoms with Gasteiger partial charge in [-0.2, -0.15) is 0 Å². The third kappa shape index (κ3) is 4.06. The largest absolute Gasteiger partial charge is 0.373 e. The Hall–Kier alpha value is -1.36. The smallest absolute Gasteiger partial charge is 0.135 e. The standard InChI is InChI=1S/C14H25N5/c1-11(2)14-17-12(15-3)10-13(18-14)16-6-9-19-7-4-5-8-19/h10-11H,4-9H2,1-3H3,(H2,15,16,17,18). The van der Waals surface area contributed by atoms with E-state index in [9.17, 15) is 0 Å². The average Bonchev–Trinajstić information content (AvgIpc) is 2.91. The molecule has 1 aromatic heterocycles. The summed E-state index contributed by atoms with van der Waals surface area (Å²) in [6.07, 6.45) is 2.68. The van der Waals surface area contributed by atoms with Gasteiger partial charge in [0, 0.05) is 32.1 Å². The van der Waals surface area contributed by atoms with E-state index in [0.717, 1.165) is 30.5 Å². The molecule has 1 aliphatic rings. The Morgan fingerprint density at radius 2 is 1.89 bits per heavy atom. The maximum absolute atomic E-state index is 4.56. The summed E-state index contributed by atoms with van der Waals surface area (Å²) in [6.45, 7) is 8.74. The first kappa shape index (κ1) is 14.1. The predicted molar refractivity (Wildman–Crippen MR) is 79.8 cm³/mol. The molecule has 0 unspecified atom stereocenters. The maximum atomic E-state index is 4.56. The highest BCUT2D eigenvalue weighted by Gasteiger charge is 2.11. The van der Waals surface area contributed by atoms with E-state index in [2.05, 4.69) is 39.3 Å². The summed E-state index contributed by atoms with van der Waals surface area (Å²) >= 11 is 0. The van der Waals surface area contributed by atoms with Crippen molar-refractivity contribution in [3.63, 3.8) is 0 Å². The van der Waals surface area contributed by atoms with E-state index in [4.69, 9.17) is 0 Å². The number of likely N-dealkylation sites (tertiary alicyclic amines) is 1. The van der Waals surface area contributed by atoms with Crippen molar-refractivity contribution in [3.8, 4) is 0 Å². The Kier molecular flexibility index (Phi) is 4.96. The lowest BCUT2D eigenvalue weighted by Crippen LogP contribution is -2.26. The van der Waals surface area contributed by atoms with Gasteiger partial charge in [-0.3, -0.25) is 0 Å². The van der Waals surface area contributed by atoms with Crippen LogP contribution in [-0.4, -0.2) is 48.1 Å². The zero-order valence-corrected chi connectivity index (χ0v) is 12.2. The van der Waals surface area contributed by atoms with Crippen molar-refractivity contribution in [2.24, 2.45) is 0 Å². The van der Waals surface area contributed by atoms with Crippen molar-refractivity contribution in [2.45, 2.75) is 32.6 Å². The number of anilines is 2. The van der Waals surface area contributed by atoms with E-state index in [1.165, 1.54) is 25.9 Å². The summed E-state index contributed by atoms with van der Waals surface area (Å²) in [5.41, 5.74) is 0. The summed E-state index contributed by atoms with van der Waals surface area (Å²) in [5.74, 6) is 3.02. The number of hydrogen-bond acceptors (Lipinski definition) is 5. The first-order chi connectivity index (χ1) is 9.19. The fourth-order valence-electron chi connectivity index (χ4n) is 2.29. The van der Waals surface area contributed by atoms with Gasteiger partial charge in [0.1, 0.15) is 17.5 Å². The van der Waals surface area contributed by atoms with Crippen molar-refractivity contribution in [2.75, 3.05) is 43.9 Å². The Balaban J connectivity index is 1.92. The minimum atomic E-state index is 0.340. The Labute approximate surface area is 115 Å². The van der Waals surface area contributed by atoms with Gasteiger partial charge < -0.3 is 15.5 Å². The molecule has 0 spiro atoms. The van der Waals surface area contributed by atoms with E-state index < -0.39 is 0 Å². The molecule has 1 saturated heterocycles. The molecule has 5 nitrogen and oxygen atoms in total. The molecule has 0 saturated carbocycles. The molecule has 0 bridgehead atoms. The average molecular weight is 263 g/mol. The van der Waals surface area contributed by atoms with Crippen LogP contribution in [0.3, 0.4) is 0 Å². The Morgan fingerprint density at radius 3 is 2.53 bits per heavy atom. The molecule has 1 fully saturated rings. The molecule has 1 aromatic rings. The molecule has 0 radical (unpaired) electrons. The van der Waals surface area contributed by atoms with Crippen molar-refractivity contribution in [1.29, 1.82) is 0 Å².